The molecule has 6 heteroatoms. The lowest BCUT2D eigenvalue weighted by molar-refractivity contribution is -0.126. The molecule has 0 bridgehead atoms. The van der Waals surface area contributed by atoms with Crippen LogP contribution in [0.25, 0.3) is 0 Å². The third-order valence-electron chi connectivity index (χ3n) is 4.03. The van der Waals surface area contributed by atoms with E-state index >= 15 is 0 Å². The van der Waals surface area contributed by atoms with Crippen LogP contribution in [0.1, 0.15) is 40.0 Å². The molecule has 1 aromatic carbocycles. The van der Waals surface area contributed by atoms with Crippen LogP contribution in [-0.2, 0) is 17.9 Å². The van der Waals surface area contributed by atoms with Crippen LogP contribution in [0.4, 0.5) is 0 Å². The molecule has 1 aliphatic rings. The molecule has 3 rings (SSSR count). The molecule has 0 spiro atoms. The summed E-state index contributed by atoms with van der Waals surface area (Å²) >= 11 is 1.56. The lowest BCUT2D eigenvalue weighted by atomic mass is 10.1. The maximum Gasteiger partial charge on any atom is 0.255 e. The van der Waals surface area contributed by atoms with Gasteiger partial charge in [0.2, 0.25) is 5.91 Å². The van der Waals surface area contributed by atoms with Crippen LogP contribution in [0.2, 0.25) is 0 Å². The number of hydrogen-bond donors (Lipinski definition) is 1. The van der Waals surface area contributed by atoms with E-state index in [0.717, 1.165) is 16.3 Å². The number of carbonyl (C=O) groups excluding carboxylic acids is 2. The van der Waals surface area contributed by atoms with Gasteiger partial charge in [-0.2, -0.15) is 0 Å². The topological polar surface area (TPSA) is 62.3 Å². The van der Waals surface area contributed by atoms with Crippen LogP contribution in [0.5, 0.6) is 0 Å². The minimum Gasteiger partial charge on any atom is -0.349 e. The van der Waals surface area contributed by atoms with Crippen molar-refractivity contribution >= 4 is 23.2 Å². The monoisotopic (exact) mass is 329 g/mol. The Kier molecular flexibility index (Phi) is 4.43. The Morgan fingerprint density at radius 3 is 2.87 bits per heavy atom. The molecule has 120 valence electrons. The van der Waals surface area contributed by atoms with Crippen molar-refractivity contribution in [3.05, 3.63) is 51.5 Å². The zero-order valence-corrected chi connectivity index (χ0v) is 14.0. The standard InChI is InChI=1S/C17H19N3O2S/c1-3-15(16(21)18-8-13-10-23-11(2)19-13)20-9-12-6-4-5-7-14(12)17(20)22/h4-7,10,15H,3,8-9H2,1-2H3,(H,18,21)/t15-/m0/s1. The van der Waals surface area contributed by atoms with Crippen molar-refractivity contribution in [1.82, 2.24) is 15.2 Å². The van der Waals surface area contributed by atoms with Gasteiger partial charge in [0.15, 0.2) is 0 Å². The Hall–Kier alpha value is -2.21. The number of benzene rings is 1. The number of thiazole rings is 1. The molecule has 23 heavy (non-hydrogen) atoms. The van der Waals surface area contributed by atoms with Crippen molar-refractivity contribution in [1.29, 1.82) is 0 Å². The zero-order valence-electron chi connectivity index (χ0n) is 13.2. The number of aryl methyl sites for hydroxylation is 1. The number of nitrogens with zero attached hydrogens (tertiary/aromatic N) is 2. The van der Waals surface area contributed by atoms with E-state index in [4.69, 9.17) is 0 Å². The second kappa shape index (κ2) is 6.50. The number of nitrogens with one attached hydrogen (secondary N) is 1. The van der Waals surface area contributed by atoms with Crippen LogP contribution in [0.3, 0.4) is 0 Å². The largest absolute Gasteiger partial charge is 0.349 e. The summed E-state index contributed by atoms with van der Waals surface area (Å²) in [4.78, 5) is 31.0. The highest BCUT2D eigenvalue weighted by Crippen LogP contribution is 2.25. The second-order valence-electron chi connectivity index (χ2n) is 5.59. The Morgan fingerprint density at radius 1 is 1.43 bits per heavy atom. The van der Waals surface area contributed by atoms with Crippen molar-refractivity contribution in [3.63, 3.8) is 0 Å². The number of fused-ring (bicyclic) bond motifs is 1. The molecule has 0 unspecified atom stereocenters. The number of rotatable bonds is 5. The molecular weight excluding hydrogens is 310 g/mol. The molecule has 5 nitrogen and oxygen atoms in total. The fourth-order valence-corrected chi connectivity index (χ4v) is 3.47. The average molecular weight is 329 g/mol. The van der Waals surface area contributed by atoms with Gasteiger partial charge in [-0.3, -0.25) is 9.59 Å². The van der Waals surface area contributed by atoms with Crippen molar-refractivity contribution in [3.8, 4) is 0 Å². The highest BCUT2D eigenvalue weighted by molar-refractivity contribution is 7.09. The Labute approximate surface area is 139 Å². The number of carbonyl (C=O) groups is 2. The van der Waals surface area contributed by atoms with Gasteiger partial charge < -0.3 is 10.2 Å². The van der Waals surface area contributed by atoms with Gasteiger partial charge in [-0.1, -0.05) is 25.1 Å². The van der Waals surface area contributed by atoms with Crippen LogP contribution >= 0.6 is 11.3 Å². The van der Waals surface area contributed by atoms with Crippen molar-refractivity contribution in [2.45, 2.75) is 39.4 Å². The van der Waals surface area contributed by atoms with Crippen LogP contribution in [-0.4, -0.2) is 27.7 Å². The fraction of sp³-hybridized carbons (Fsp3) is 0.353. The third kappa shape index (κ3) is 3.12. The highest BCUT2D eigenvalue weighted by Gasteiger charge is 2.34. The predicted molar refractivity (Wildman–Crippen MR) is 89.1 cm³/mol. The number of amides is 2. The van der Waals surface area contributed by atoms with Gasteiger partial charge in [0.25, 0.3) is 5.91 Å². The van der Waals surface area contributed by atoms with Gasteiger partial charge in [0, 0.05) is 17.5 Å². The number of hydrogen-bond acceptors (Lipinski definition) is 4. The summed E-state index contributed by atoms with van der Waals surface area (Å²) in [5, 5.41) is 5.81. The van der Waals surface area contributed by atoms with Crippen molar-refractivity contribution < 1.29 is 9.59 Å². The minimum atomic E-state index is -0.449. The van der Waals surface area contributed by atoms with Gasteiger partial charge in [0.1, 0.15) is 6.04 Å². The smallest absolute Gasteiger partial charge is 0.255 e. The Balaban J connectivity index is 1.68. The molecule has 0 saturated heterocycles. The minimum absolute atomic E-state index is 0.0629. The summed E-state index contributed by atoms with van der Waals surface area (Å²) in [6.45, 7) is 4.75. The molecular formula is C17H19N3O2S. The van der Waals surface area contributed by atoms with Gasteiger partial charge in [-0.05, 0) is 25.0 Å². The summed E-state index contributed by atoms with van der Waals surface area (Å²) in [7, 11) is 0. The Morgan fingerprint density at radius 2 is 2.22 bits per heavy atom. The maximum atomic E-state index is 12.5. The van der Waals surface area contributed by atoms with Crippen LogP contribution < -0.4 is 5.32 Å². The molecule has 2 amide bonds. The quantitative estimate of drug-likeness (QED) is 0.917. The van der Waals surface area contributed by atoms with Gasteiger partial charge in [-0.15, -0.1) is 11.3 Å². The molecule has 0 fully saturated rings. The first-order valence-electron chi connectivity index (χ1n) is 7.67. The summed E-state index contributed by atoms with van der Waals surface area (Å²) in [5.41, 5.74) is 2.54. The first kappa shape index (κ1) is 15.7. The Bertz CT molecular complexity index is 741. The molecule has 0 aliphatic carbocycles. The van der Waals surface area contributed by atoms with Crippen LogP contribution in [0, 0.1) is 6.92 Å². The molecule has 2 heterocycles. The fourth-order valence-electron chi connectivity index (χ4n) is 2.86. The van der Waals surface area contributed by atoms with E-state index in [-0.39, 0.29) is 11.8 Å². The summed E-state index contributed by atoms with van der Waals surface area (Å²) in [6.07, 6.45) is 0.585. The van der Waals surface area contributed by atoms with Gasteiger partial charge in [0.05, 0.1) is 17.2 Å². The average Bonchev–Trinajstić information content (AvgIpc) is 3.11. The zero-order chi connectivity index (χ0) is 16.4. The second-order valence-corrected chi connectivity index (χ2v) is 6.65. The maximum absolute atomic E-state index is 12.5. The molecule has 1 atom stereocenters. The number of aromatic nitrogens is 1. The van der Waals surface area contributed by atoms with Crippen molar-refractivity contribution in [2.24, 2.45) is 0 Å². The lowest BCUT2D eigenvalue weighted by Crippen LogP contribution is -2.46. The van der Waals surface area contributed by atoms with Gasteiger partial charge in [-0.25, -0.2) is 4.98 Å². The summed E-state index contributed by atoms with van der Waals surface area (Å²) < 4.78 is 0. The molecule has 1 N–H and O–H groups in total. The van der Waals surface area contributed by atoms with E-state index in [1.54, 1.807) is 16.2 Å². The van der Waals surface area contributed by atoms with E-state index < -0.39 is 6.04 Å². The SMILES string of the molecule is CC[C@@H](C(=O)NCc1csc(C)n1)N1Cc2ccccc2C1=O. The molecule has 0 radical (unpaired) electrons. The highest BCUT2D eigenvalue weighted by atomic mass is 32.1. The first-order valence-corrected chi connectivity index (χ1v) is 8.55. The third-order valence-corrected chi connectivity index (χ3v) is 4.85. The van der Waals surface area contributed by atoms with Gasteiger partial charge >= 0.3 is 0 Å². The molecule has 0 saturated carbocycles. The molecule has 1 aromatic heterocycles. The van der Waals surface area contributed by atoms with E-state index in [1.165, 1.54) is 0 Å². The van der Waals surface area contributed by atoms with Crippen LogP contribution in [0.15, 0.2) is 29.6 Å². The van der Waals surface area contributed by atoms with Crippen molar-refractivity contribution in [2.75, 3.05) is 0 Å². The van der Waals surface area contributed by atoms with E-state index in [2.05, 4.69) is 10.3 Å². The van der Waals surface area contributed by atoms with E-state index in [1.807, 2.05) is 43.5 Å². The summed E-state index contributed by atoms with van der Waals surface area (Å²) in [5.74, 6) is -0.189. The molecule has 2 aromatic rings. The van der Waals surface area contributed by atoms with E-state index in [9.17, 15) is 9.59 Å². The normalized spacial score (nSPS) is 14.7. The predicted octanol–water partition coefficient (Wildman–Crippen LogP) is 2.50. The van der Waals surface area contributed by atoms with E-state index in [0.29, 0.717) is 25.1 Å². The summed E-state index contributed by atoms with van der Waals surface area (Å²) in [6, 6.07) is 7.08. The lowest BCUT2D eigenvalue weighted by Gasteiger charge is -2.25. The molecule has 1 aliphatic heterocycles. The first-order chi connectivity index (χ1) is 11.1.